The van der Waals surface area contributed by atoms with E-state index in [0.717, 1.165) is 14.0 Å². The number of rotatable bonds is 7. The van der Waals surface area contributed by atoms with E-state index in [0.29, 0.717) is 29.8 Å². The van der Waals surface area contributed by atoms with E-state index in [-0.39, 0.29) is 17.5 Å². The van der Waals surface area contributed by atoms with Gasteiger partial charge in [0.15, 0.2) is 0 Å². The molecule has 0 radical (unpaired) electrons. The fourth-order valence-electron chi connectivity index (χ4n) is 2.92. The van der Waals surface area contributed by atoms with Crippen molar-refractivity contribution in [2.75, 3.05) is 13.7 Å². The summed E-state index contributed by atoms with van der Waals surface area (Å²) in [5.74, 6) is -0.347. The highest BCUT2D eigenvalue weighted by molar-refractivity contribution is 6.01. The van der Waals surface area contributed by atoms with Crippen LogP contribution in [0.2, 0.25) is 0 Å². The van der Waals surface area contributed by atoms with E-state index >= 15 is 0 Å². The number of azo groups is 1. The summed E-state index contributed by atoms with van der Waals surface area (Å²) in [7, 11) is 4.10. The third-order valence-electron chi connectivity index (χ3n) is 4.52. The molecule has 0 aliphatic heterocycles. The number of aromatic nitrogens is 2. The topological polar surface area (TPSA) is 115 Å². The van der Waals surface area contributed by atoms with Crippen molar-refractivity contribution >= 4 is 23.7 Å². The zero-order valence-corrected chi connectivity index (χ0v) is 17.9. The van der Waals surface area contributed by atoms with E-state index < -0.39 is 17.2 Å². The highest BCUT2D eigenvalue weighted by Gasteiger charge is 2.20. The second-order valence-corrected chi connectivity index (χ2v) is 7.17. The fraction of sp³-hybridized carbons (Fsp3) is 0.400. The van der Waals surface area contributed by atoms with Gasteiger partial charge in [-0.25, -0.2) is 4.79 Å². The Balaban J connectivity index is 2.52. The maximum atomic E-state index is 12.8. The number of carbonyl (C=O) groups excluding carboxylic acids is 2. The molecule has 10 nitrogen and oxygen atoms in total. The van der Waals surface area contributed by atoms with Crippen LogP contribution in [0.5, 0.6) is 5.88 Å². The summed E-state index contributed by atoms with van der Waals surface area (Å²) in [6.07, 6.45) is 0.509. The van der Waals surface area contributed by atoms with Gasteiger partial charge in [0, 0.05) is 26.2 Å². The molecule has 0 saturated heterocycles. The molecule has 0 bridgehead atoms. The van der Waals surface area contributed by atoms with Gasteiger partial charge in [-0.15, -0.1) is 10.2 Å². The molecular formula is C20H25N5O5. The van der Waals surface area contributed by atoms with Gasteiger partial charge in [0.05, 0.1) is 12.8 Å². The smallest absolute Gasteiger partial charge is 0.333 e. The van der Waals surface area contributed by atoms with E-state index in [1.54, 1.807) is 25.1 Å². The minimum atomic E-state index is -0.660. The molecule has 1 aromatic heterocycles. The maximum Gasteiger partial charge on any atom is 0.333 e. The standard InChI is InChI=1S/C20H25N5O5/c1-12(2)10-25(11-26)17(27)14-8-7-9-15(13(14)3)21-22-16-18(28)23(4)20(29)24(5)19(16)30-6/h7-9,11-12H,10H2,1-6H3. The van der Waals surface area contributed by atoms with Gasteiger partial charge in [-0.3, -0.25) is 28.4 Å². The van der Waals surface area contributed by atoms with Crippen LogP contribution in [0, 0.1) is 12.8 Å². The van der Waals surface area contributed by atoms with Crippen LogP contribution in [-0.2, 0) is 18.9 Å². The number of benzene rings is 1. The number of imide groups is 1. The van der Waals surface area contributed by atoms with Crippen molar-refractivity contribution in [2.24, 2.45) is 30.2 Å². The monoisotopic (exact) mass is 415 g/mol. The second-order valence-electron chi connectivity index (χ2n) is 7.17. The van der Waals surface area contributed by atoms with Crippen LogP contribution in [-0.4, -0.2) is 40.0 Å². The van der Waals surface area contributed by atoms with Gasteiger partial charge in [0.1, 0.15) is 0 Å². The van der Waals surface area contributed by atoms with Gasteiger partial charge in [-0.05, 0) is 30.5 Å². The Labute approximate surface area is 173 Å². The fourth-order valence-corrected chi connectivity index (χ4v) is 2.92. The zero-order chi connectivity index (χ0) is 22.6. The van der Waals surface area contributed by atoms with Gasteiger partial charge >= 0.3 is 5.69 Å². The summed E-state index contributed by atoms with van der Waals surface area (Å²) in [6, 6.07) is 4.84. The SMILES string of the molecule is COc1c(N=Nc2cccc(C(=O)N(C=O)CC(C)C)c2C)c(=O)n(C)c(=O)n1C. The largest absolute Gasteiger partial charge is 0.480 e. The molecule has 2 aromatic rings. The summed E-state index contributed by atoms with van der Waals surface area (Å²) in [5, 5.41) is 8.10. The molecule has 0 atom stereocenters. The molecule has 0 aliphatic rings. The number of hydrogen-bond acceptors (Lipinski definition) is 7. The predicted octanol–water partition coefficient (Wildman–Crippen LogP) is 2.07. The highest BCUT2D eigenvalue weighted by Crippen LogP contribution is 2.27. The Morgan fingerprint density at radius 2 is 1.87 bits per heavy atom. The van der Waals surface area contributed by atoms with E-state index in [1.807, 2.05) is 13.8 Å². The van der Waals surface area contributed by atoms with Crippen molar-refractivity contribution in [2.45, 2.75) is 20.8 Å². The Kier molecular flexibility index (Phi) is 7.04. The van der Waals surface area contributed by atoms with Gasteiger partial charge in [-0.1, -0.05) is 19.9 Å². The Hall–Kier alpha value is -3.56. The molecule has 0 unspecified atom stereocenters. The predicted molar refractivity (Wildman–Crippen MR) is 111 cm³/mol. The van der Waals surface area contributed by atoms with Gasteiger partial charge < -0.3 is 4.74 Å². The van der Waals surface area contributed by atoms with Crippen LogP contribution in [0.15, 0.2) is 38.0 Å². The normalized spacial score (nSPS) is 11.2. The van der Waals surface area contributed by atoms with Crippen LogP contribution in [0.25, 0.3) is 0 Å². The molecule has 2 rings (SSSR count). The van der Waals surface area contributed by atoms with Crippen LogP contribution in [0.1, 0.15) is 29.8 Å². The molecule has 0 aliphatic carbocycles. The molecule has 160 valence electrons. The first-order valence-corrected chi connectivity index (χ1v) is 9.25. The number of methoxy groups -OCH3 is 1. The van der Waals surface area contributed by atoms with Crippen LogP contribution in [0.3, 0.4) is 0 Å². The summed E-state index contributed by atoms with van der Waals surface area (Å²) in [4.78, 5) is 49.7. The third-order valence-corrected chi connectivity index (χ3v) is 4.52. The minimum absolute atomic E-state index is 0.0270. The molecule has 0 fully saturated rings. The molecule has 30 heavy (non-hydrogen) atoms. The molecule has 0 spiro atoms. The van der Waals surface area contributed by atoms with Crippen molar-refractivity contribution in [1.82, 2.24) is 14.0 Å². The number of hydrogen-bond donors (Lipinski definition) is 0. The van der Waals surface area contributed by atoms with Crippen LogP contribution < -0.4 is 16.0 Å². The average molecular weight is 415 g/mol. The number of nitrogens with zero attached hydrogens (tertiary/aromatic N) is 5. The van der Waals surface area contributed by atoms with Crippen LogP contribution in [0.4, 0.5) is 11.4 Å². The molecule has 1 heterocycles. The first-order chi connectivity index (χ1) is 14.1. The molecule has 1 aromatic carbocycles. The summed E-state index contributed by atoms with van der Waals surface area (Å²) < 4.78 is 7.20. The lowest BCUT2D eigenvalue weighted by atomic mass is 10.1. The van der Waals surface area contributed by atoms with Crippen molar-refractivity contribution < 1.29 is 14.3 Å². The molecular weight excluding hydrogens is 390 g/mol. The molecule has 0 saturated carbocycles. The lowest BCUT2D eigenvalue weighted by Gasteiger charge is -2.19. The quantitative estimate of drug-likeness (QED) is 0.507. The lowest BCUT2D eigenvalue weighted by molar-refractivity contribution is -0.116. The molecule has 2 amide bonds. The Morgan fingerprint density at radius 1 is 1.20 bits per heavy atom. The Bertz CT molecular complexity index is 1110. The molecule has 0 N–H and O–H groups in total. The van der Waals surface area contributed by atoms with Crippen LogP contribution >= 0.6 is 0 Å². The third kappa shape index (κ3) is 4.37. The van der Waals surface area contributed by atoms with E-state index in [1.165, 1.54) is 21.2 Å². The first kappa shape index (κ1) is 22.7. The van der Waals surface area contributed by atoms with Gasteiger partial charge in [-0.2, -0.15) is 0 Å². The van der Waals surface area contributed by atoms with Crippen molar-refractivity contribution in [3.63, 3.8) is 0 Å². The van der Waals surface area contributed by atoms with Crippen molar-refractivity contribution in [3.05, 3.63) is 50.2 Å². The number of amides is 2. The minimum Gasteiger partial charge on any atom is -0.480 e. The first-order valence-electron chi connectivity index (χ1n) is 9.25. The summed E-state index contributed by atoms with van der Waals surface area (Å²) >= 11 is 0. The van der Waals surface area contributed by atoms with E-state index in [4.69, 9.17) is 4.74 Å². The summed E-state index contributed by atoms with van der Waals surface area (Å²) in [6.45, 7) is 5.78. The summed E-state index contributed by atoms with van der Waals surface area (Å²) in [5.41, 5.74) is -0.213. The van der Waals surface area contributed by atoms with E-state index in [9.17, 15) is 19.2 Å². The number of ether oxygens (including phenoxy) is 1. The van der Waals surface area contributed by atoms with Crippen molar-refractivity contribution in [1.29, 1.82) is 0 Å². The van der Waals surface area contributed by atoms with Gasteiger partial charge in [0.2, 0.25) is 18.0 Å². The second kappa shape index (κ2) is 9.29. The van der Waals surface area contributed by atoms with E-state index in [2.05, 4.69) is 10.2 Å². The average Bonchev–Trinajstić information content (AvgIpc) is 2.72. The maximum absolute atomic E-state index is 12.8. The lowest BCUT2D eigenvalue weighted by Crippen LogP contribution is -2.37. The number of carbonyl (C=O) groups is 2. The zero-order valence-electron chi connectivity index (χ0n) is 17.9. The molecule has 10 heteroatoms. The highest BCUT2D eigenvalue weighted by atomic mass is 16.5. The van der Waals surface area contributed by atoms with Gasteiger partial charge in [0.25, 0.3) is 11.5 Å². The Morgan fingerprint density at radius 3 is 2.43 bits per heavy atom. The van der Waals surface area contributed by atoms with Crippen molar-refractivity contribution in [3.8, 4) is 5.88 Å².